The van der Waals surface area contributed by atoms with E-state index in [0.29, 0.717) is 5.89 Å². The van der Waals surface area contributed by atoms with Gasteiger partial charge in [-0.05, 0) is 11.6 Å². The van der Waals surface area contributed by atoms with Gasteiger partial charge in [0.05, 0.1) is 0 Å². The van der Waals surface area contributed by atoms with Crippen LogP contribution in [0.5, 0.6) is 5.75 Å². The van der Waals surface area contributed by atoms with Crippen molar-refractivity contribution in [2.24, 2.45) is 0 Å². The number of hydrogen-bond acceptors (Lipinski definition) is 5. The average Bonchev–Trinajstić information content (AvgIpc) is 3.03. The fourth-order valence-electron chi connectivity index (χ4n) is 2.13. The predicted octanol–water partition coefficient (Wildman–Crippen LogP) is 1.21. The SMILES string of the molecule is c1ccc2c(c1)CC(CNCCc1ncno1)O2. The summed E-state index contributed by atoms with van der Waals surface area (Å²) in [7, 11) is 0. The molecule has 1 aliphatic heterocycles. The molecule has 3 rings (SSSR count). The Labute approximate surface area is 105 Å². The van der Waals surface area contributed by atoms with Crippen molar-refractivity contribution in [2.45, 2.75) is 18.9 Å². The van der Waals surface area contributed by atoms with E-state index in [1.807, 2.05) is 18.2 Å². The lowest BCUT2D eigenvalue weighted by molar-refractivity contribution is 0.227. The molecule has 1 N–H and O–H groups in total. The first-order chi connectivity index (χ1) is 8.92. The molecule has 1 aromatic heterocycles. The Morgan fingerprint density at radius 1 is 1.33 bits per heavy atom. The molecule has 0 saturated heterocycles. The number of rotatable bonds is 5. The number of para-hydroxylation sites is 1. The maximum atomic E-state index is 5.83. The van der Waals surface area contributed by atoms with Gasteiger partial charge in [-0.3, -0.25) is 0 Å². The standard InChI is InChI=1S/C13H15N3O2/c1-2-4-12-10(3-1)7-11(17-12)8-14-6-5-13-15-9-16-18-13/h1-4,9,11,14H,5-8H2. The van der Waals surface area contributed by atoms with Crippen LogP contribution in [0.3, 0.4) is 0 Å². The molecule has 1 aliphatic rings. The summed E-state index contributed by atoms with van der Waals surface area (Å²) in [4.78, 5) is 3.97. The van der Waals surface area contributed by atoms with Gasteiger partial charge in [-0.15, -0.1) is 0 Å². The molecule has 0 bridgehead atoms. The lowest BCUT2D eigenvalue weighted by Gasteiger charge is -2.11. The summed E-state index contributed by atoms with van der Waals surface area (Å²) < 4.78 is 10.8. The van der Waals surface area contributed by atoms with Crippen LogP contribution < -0.4 is 10.1 Å². The van der Waals surface area contributed by atoms with Gasteiger partial charge in [0, 0.05) is 25.9 Å². The monoisotopic (exact) mass is 245 g/mol. The first-order valence-corrected chi connectivity index (χ1v) is 6.12. The molecule has 0 amide bonds. The Hall–Kier alpha value is -1.88. The molecule has 0 spiro atoms. The molecule has 0 radical (unpaired) electrons. The third-order valence-corrected chi connectivity index (χ3v) is 3.01. The van der Waals surface area contributed by atoms with Gasteiger partial charge in [-0.1, -0.05) is 23.4 Å². The highest BCUT2D eigenvalue weighted by Crippen LogP contribution is 2.27. The summed E-state index contributed by atoms with van der Waals surface area (Å²) >= 11 is 0. The Morgan fingerprint density at radius 3 is 3.11 bits per heavy atom. The van der Waals surface area contributed by atoms with Crippen molar-refractivity contribution in [1.82, 2.24) is 15.5 Å². The zero-order chi connectivity index (χ0) is 12.2. The fourth-order valence-corrected chi connectivity index (χ4v) is 2.13. The summed E-state index contributed by atoms with van der Waals surface area (Å²) in [6.45, 7) is 1.65. The highest BCUT2D eigenvalue weighted by molar-refractivity contribution is 5.37. The van der Waals surface area contributed by atoms with Crippen molar-refractivity contribution < 1.29 is 9.26 Å². The molecule has 18 heavy (non-hydrogen) atoms. The number of ether oxygens (including phenoxy) is 1. The number of aromatic nitrogens is 2. The van der Waals surface area contributed by atoms with Crippen molar-refractivity contribution in [3.8, 4) is 5.75 Å². The van der Waals surface area contributed by atoms with E-state index in [2.05, 4.69) is 21.5 Å². The number of benzene rings is 1. The number of fused-ring (bicyclic) bond motifs is 1. The van der Waals surface area contributed by atoms with E-state index in [9.17, 15) is 0 Å². The van der Waals surface area contributed by atoms with E-state index < -0.39 is 0 Å². The molecular weight excluding hydrogens is 230 g/mol. The summed E-state index contributed by atoms with van der Waals surface area (Å²) in [5.41, 5.74) is 1.29. The minimum Gasteiger partial charge on any atom is -0.488 e. The van der Waals surface area contributed by atoms with Crippen LogP contribution in [0.1, 0.15) is 11.5 Å². The molecule has 1 aromatic carbocycles. The summed E-state index contributed by atoms with van der Waals surface area (Å²) in [5.74, 6) is 1.68. The highest BCUT2D eigenvalue weighted by atomic mass is 16.5. The largest absolute Gasteiger partial charge is 0.488 e. The Morgan fingerprint density at radius 2 is 2.28 bits per heavy atom. The van der Waals surface area contributed by atoms with E-state index in [0.717, 1.165) is 31.7 Å². The van der Waals surface area contributed by atoms with Gasteiger partial charge in [-0.2, -0.15) is 4.98 Å². The lowest BCUT2D eigenvalue weighted by Crippen LogP contribution is -2.31. The fraction of sp³-hybridized carbons (Fsp3) is 0.385. The molecule has 5 heteroatoms. The van der Waals surface area contributed by atoms with Crippen LogP contribution in [0.2, 0.25) is 0 Å². The molecule has 2 heterocycles. The minimum absolute atomic E-state index is 0.227. The number of nitrogens with one attached hydrogen (secondary N) is 1. The molecule has 1 unspecified atom stereocenters. The van der Waals surface area contributed by atoms with E-state index in [4.69, 9.17) is 9.26 Å². The quantitative estimate of drug-likeness (QED) is 0.802. The topological polar surface area (TPSA) is 60.2 Å². The van der Waals surface area contributed by atoms with Gasteiger partial charge in [0.25, 0.3) is 0 Å². The van der Waals surface area contributed by atoms with Gasteiger partial charge in [0.15, 0.2) is 6.33 Å². The van der Waals surface area contributed by atoms with Crippen LogP contribution in [0, 0.1) is 0 Å². The van der Waals surface area contributed by atoms with Crippen LogP contribution in [0.25, 0.3) is 0 Å². The average molecular weight is 245 g/mol. The summed E-state index contributed by atoms with van der Waals surface area (Å²) in [6, 6.07) is 8.19. The minimum atomic E-state index is 0.227. The zero-order valence-electron chi connectivity index (χ0n) is 10.0. The molecule has 0 aliphatic carbocycles. The number of nitrogens with zero attached hydrogens (tertiary/aromatic N) is 2. The summed E-state index contributed by atoms with van der Waals surface area (Å²) in [6.07, 6.45) is 3.38. The first-order valence-electron chi connectivity index (χ1n) is 6.12. The van der Waals surface area contributed by atoms with E-state index in [-0.39, 0.29) is 6.10 Å². The van der Waals surface area contributed by atoms with Gasteiger partial charge < -0.3 is 14.6 Å². The van der Waals surface area contributed by atoms with Crippen LogP contribution in [-0.4, -0.2) is 29.3 Å². The van der Waals surface area contributed by atoms with Crippen molar-refractivity contribution in [3.63, 3.8) is 0 Å². The van der Waals surface area contributed by atoms with Crippen LogP contribution in [0.4, 0.5) is 0 Å². The van der Waals surface area contributed by atoms with E-state index in [1.54, 1.807) is 0 Å². The maximum absolute atomic E-state index is 5.83. The second-order valence-corrected chi connectivity index (χ2v) is 4.34. The Balaban J connectivity index is 1.41. The second-order valence-electron chi connectivity index (χ2n) is 4.34. The van der Waals surface area contributed by atoms with Gasteiger partial charge in [0.2, 0.25) is 5.89 Å². The summed E-state index contributed by atoms with van der Waals surface area (Å²) in [5, 5.41) is 6.91. The lowest BCUT2D eigenvalue weighted by atomic mass is 10.1. The third kappa shape index (κ3) is 2.51. The zero-order valence-corrected chi connectivity index (χ0v) is 10.0. The third-order valence-electron chi connectivity index (χ3n) is 3.01. The molecule has 0 fully saturated rings. The van der Waals surface area contributed by atoms with Crippen molar-refractivity contribution in [3.05, 3.63) is 42.0 Å². The smallest absolute Gasteiger partial charge is 0.227 e. The first kappa shape index (κ1) is 11.2. The normalized spacial score (nSPS) is 17.4. The van der Waals surface area contributed by atoms with Crippen LogP contribution in [0.15, 0.2) is 35.1 Å². The van der Waals surface area contributed by atoms with E-state index in [1.165, 1.54) is 11.9 Å². The number of hydrogen-bond donors (Lipinski definition) is 1. The van der Waals surface area contributed by atoms with Gasteiger partial charge in [0.1, 0.15) is 11.9 Å². The van der Waals surface area contributed by atoms with E-state index >= 15 is 0 Å². The Kier molecular flexibility index (Phi) is 3.23. The molecule has 1 atom stereocenters. The molecule has 5 nitrogen and oxygen atoms in total. The van der Waals surface area contributed by atoms with Crippen molar-refractivity contribution in [1.29, 1.82) is 0 Å². The van der Waals surface area contributed by atoms with Crippen LogP contribution >= 0.6 is 0 Å². The molecule has 94 valence electrons. The van der Waals surface area contributed by atoms with Gasteiger partial charge in [-0.25, -0.2) is 0 Å². The maximum Gasteiger partial charge on any atom is 0.227 e. The second kappa shape index (κ2) is 5.18. The molecular formula is C13H15N3O2. The van der Waals surface area contributed by atoms with Gasteiger partial charge >= 0.3 is 0 Å². The predicted molar refractivity (Wildman–Crippen MR) is 65.4 cm³/mol. The van der Waals surface area contributed by atoms with Crippen LogP contribution in [-0.2, 0) is 12.8 Å². The van der Waals surface area contributed by atoms with Crippen molar-refractivity contribution >= 4 is 0 Å². The molecule has 2 aromatic rings. The van der Waals surface area contributed by atoms with Crippen molar-refractivity contribution in [2.75, 3.05) is 13.1 Å². The molecule has 0 saturated carbocycles. The Bertz CT molecular complexity index is 474. The highest BCUT2D eigenvalue weighted by Gasteiger charge is 2.21.